The third kappa shape index (κ3) is 5.47. The van der Waals surface area contributed by atoms with Gasteiger partial charge < -0.3 is 9.47 Å². The number of hydrogen-bond donors (Lipinski definition) is 0. The highest BCUT2D eigenvalue weighted by molar-refractivity contribution is 5.38. The second kappa shape index (κ2) is 9.57. The molecule has 156 valence electrons. The zero-order chi connectivity index (χ0) is 21.6. The number of halogens is 2. The SMILES string of the molecule is CCOc1ccc(C(C)(C)/C(F)=C/Cc2cccc(Oc3ccc(F)cc3)c2)cc1. The zero-order valence-corrected chi connectivity index (χ0v) is 17.5. The molecule has 0 bridgehead atoms. The Morgan fingerprint density at radius 3 is 2.23 bits per heavy atom. The minimum atomic E-state index is -0.743. The molecule has 0 radical (unpaired) electrons. The molecule has 0 saturated heterocycles. The summed E-state index contributed by atoms with van der Waals surface area (Å²) in [5, 5.41) is 0. The highest BCUT2D eigenvalue weighted by Gasteiger charge is 2.26. The lowest BCUT2D eigenvalue weighted by molar-refractivity contribution is 0.340. The van der Waals surface area contributed by atoms with Gasteiger partial charge in [-0.3, -0.25) is 0 Å². The zero-order valence-electron chi connectivity index (χ0n) is 17.5. The number of ether oxygens (including phenoxy) is 2. The van der Waals surface area contributed by atoms with Crippen LogP contribution in [-0.4, -0.2) is 6.61 Å². The molecular weight excluding hydrogens is 382 g/mol. The molecule has 0 N–H and O–H groups in total. The van der Waals surface area contributed by atoms with E-state index < -0.39 is 5.41 Å². The van der Waals surface area contributed by atoms with E-state index in [0.717, 1.165) is 16.9 Å². The van der Waals surface area contributed by atoms with Crippen molar-refractivity contribution in [3.63, 3.8) is 0 Å². The molecule has 0 aliphatic rings. The predicted octanol–water partition coefficient (Wildman–Crippen LogP) is 7.39. The smallest absolute Gasteiger partial charge is 0.127 e. The minimum absolute atomic E-state index is 0.198. The second-order valence-corrected chi connectivity index (χ2v) is 7.54. The Balaban J connectivity index is 1.70. The van der Waals surface area contributed by atoms with E-state index in [2.05, 4.69) is 0 Å². The van der Waals surface area contributed by atoms with Crippen LogP contribution in [0.15, 0.2) is 84.7 Å². The molecule has 2 nitrogen and oxygen atoms in total. The summed E-state index contributed by atoms with van der Waals surface area (Å²) >= 11 is 0. The molecule has 3 aromatic carbocycles. The summed E-state index contributed by atoms with van der Waals surface area (Å²) in [7, 11) is 0. The van der Waals surface area contributed by atoms with Gasteiger partial charge in [0.15, 0.2) is 0 Å². The molecule has 0 atom stereocenters. The van der Waals surface area contributed by atoms with Gasteiger partial charge in [-0.25, -0.2) is 8.78 Å². The van der Waals surface area contributed by atoms with Crippen molar-refractivity contribution in [3.8, 4) is 17.2 Å². The maximum Gasteiger partial charge on any atom is 0.127 e. The fourth-order valence-corrected chi connectivity index (χ4v) is 3.11. The van der Waals surface area contributed by atoms with Crippen LogP contribution in [0.4, 0.5) is 8.78 Å². The quantitative estimate of drug-likeness (QED) is 0.387. The van der Waals surface area contributed by atoms with E-state index in [0.29, 0.717) is 24.5 Å². The molecule has 0 aliphatic heterocycles. The first kappa shape index (κ1) is 21.6. The first-order valence-corrected chi connectivity index (χ1v) is 10.0. The van der Waals surface area contributed by atoms with Crippen LogP contribution in [0.25, 0.3) is 0 Å². The summed E-state index contributed by atoms with van der Waals surface area (Å²) in [6.07, 6.45) is 2.04. The first-order valence-electron chi connectivity index (χ1n) is 10.0. The Bertz CT molecular complexity index is 990. The summed E-state index contributed by atoms with van der Waals surface area (Å²) in [6.45, 7) is 6.26. The molecule has 30 heavy (non-hydrogen) atoms. The largest absolute Gasteiger partial charge is 0.494 e. The molecular formula is C26H26F2O2. The van der Waals surface area contributed by atoms with E-state index in [4.69, 9.17) is 9.47 Å². The third-order valence-corrected chi connectivity index (χ3v) is 4.95. The van der Waals surface area contributed by atoms with Gasteiger partial charge in [-0.2, -0.15) is 0 Å². The monoisotopic (exact) mass is 408 g/mol. The molecule has 0 fully saturated rings. The molecule has 0 aliphatic carbocycles. The normalized spacial score (nSPS) is 12.0. The highest BCUT2D eigenvalue weighted by atomic mass is 19.1. The van der Waals surface area contributed by atoms with Gasteiger partial charge in [0.05, 0.1) is 6.61 Å². The summed E-state index contributed by atoms with van der Waals surface area (Å²) < 4.78 is 39.3. The van der Waals surface area contributed by atoms with E-state index in [9.17, 15) is 4.39 Å². The van der Waals surface area contributed by atoms with Crippen LogP contribution >= 0.6 is 0 Å². The minimum Gasteiger partial charge on any atom is -0.494 e. The fraction of sp³-hybridized carbons (Fsp3) is 0.231. The van der Waals surface area contributed by atoms with Gasteiger partial charge in [0.2, 0.25) is 0 Å². The average molecular weight is 408 g/mol. The van der Waals surface area contributed by atoms with E-state index in [1.54, 1.807) is 18.2 Å². The van der Waals surface area contributed by atoms with Crippen molar-refractivity contribution in [1.29, 1.82) is 0 Å². The van der Waals surface area contributed by atoms with Gasteiger partial charge in [0, 0.05) is 5.41 Å². The summed E-state index contributed by atoms with van der Waals surface area (Å²) in [5.74, 6) is 1.44. The molecule has 4 heteroatoms. The third-order valence-electron chi connectivity index (χ3n) is 4.95. The first-order chi connectivity index (χ1) is 14.4. The average Bonchev–Trinajstić information content (AvgIpc) is 2.74. The molecule has 3 rings (SSSR count). The number of rotatable bonds is 8. The van der Waals surface area contributed by atoms with Crippen molar-refractivity contribution in [2.75, 3.05) is 6.61 Å². The van der Waals surface area contributed by atoms with Crippen LogP contribution in [0.3, 0.4) is 0 Å². The van der Waals surface area contributed by atoms with E-state index in [1.165, 1.54) is 12.1 Å². The Kier molecular flexibility index (Phi) is 6.88. The van der Waals surface area contributed by atoms with Crippen LogP contribution in [0.1, 0.15) is 31.9 Å². The Labute approximate surface area is 176 Å². The van der Waals surface area contributed by atoms with Crippen molar-refractivity contribution in [1.82, 2.24) is 0 Å². The predicted molar refractivity (Wildman–Crippen MR) is 116 cm³/mol. The van der Waals surface area contributed by atoms with Crippen LogP contribution in [0.5, 0.6) is 17.2 Å². The van der Waals surface area contributed by atoms with Crippen LogP contribution in [0.2, 0.25) is 0 Å². The van der Waals surface area contributed by atoms with Crippen molar-refractivity contribution < 1.29 is 18.3 Å². The number of benzene rings is 3. The fourth-order valence-electron chi connectivity index (χ4n) is 3.11. The van der Waals surface area contributed by atoms with E-state index in [-0.39, 0.29) is 11.6 Å². The maximum atomic E-state index is 15.0. The van der Waals surface area contributed by atoms with Gasteiger partial charge in [0.25, 0.3) is 0 Å². The van der Waals surface area contributed by atoms with E-state index in [1.807, 2.05) is 69.3 Å². The maximum absolute atomic E-state index is 15.0. The van der Waals surface area contributed by atoms with Crippen LogP contribution in [0, 0.1) is 5.82 Å². The number of allylic oxidation sites excluding steroid dienone is 2. The van der Waals surface area contributed by atoms with Gasteiger partial charge in [-0.15, -0.1) is 0 Å². The molecule has 0 saturated carbocycles. The lowest BCUT2D eigenvalue weighted by Crippen LogP contribution is -2.18. The Hall–Kier alpha value is -3.14. The van der Waals surface area contributed by atoms with Crippen molar-refractivity contribution in [3.05, 3.63) is 102 Å². The molecule has 0 aromatic heterocycles. The Morgan fingerprint density at radius 2 is 1.57 bits per heavy atom. The van der Waals surface area contributed by atoms with Crippen molar-refractivity contribution in [2.45, 2.75) is 32.6 Å². The lowest BCUT2D eigenvalue weighted by Gasteiger charge is -2.24. The Morgan fingerprint density at radius 1 is 0.900 bits per heavy atom. The molecule has 0 unspecified atom stereocenters. The van der Waals surface area contributed by atoms with E-state index >= 15 is 4.39 Å². The molecule has 0 heterocycles. The summed E-state index contributed by atoms with van der Waals surface area (Å²) in [4.78, 5) is 0. The van der Waals surface area contributed by atoms with Gasteiger partial charge in [0.1, 0.15) is 28.9 Å². The van der Waals surface area contributed by atoms with Gasteiger partial charge in [-0.1, -0.05) is 24.3 Å². The van der Waals surface area contributed by atoms with Gasteiger partial charge >= 0.3 is 0 Å². The van der Waals surface area contributed by atoms with Crippen molar-refractivity contribution in [2.24, 2.45) is 0 Å². The van der Waals surface area contributed by atoms with Crippen molar-refractivity contribution >= 4 is 0 Å². The molecule has 0 amide bonds. The lowest BCUT2D eigenvalue weighted by atomic mass is 9.82. The highest BCUT2D eigenvalue weighted by Crippen LogP contribution is 2.33. The van der Waals surface area contributed by atoms with Gasteiger partial charge in [-0.05, 0) is 92.9 Å². The number of hydrogen-bond acceptors (Lipinski definition) is 2. The van der Waals surface area contributed by atoms with Crippen LogP contribution in [-0.2, 0) is 11.8 Å². The second-order valence-electron chi connectivity index (χ2n) is 7.54. The van der Waals surface area contributed by atoms with Crippen LogP contribution < -0.4 is 9.47 Å². The summed E-state index contributed by atoms with van der Waals surface area (Å²) in [6, 6.07) is 20.8. The topological polar surface area (TPSA) is 18.5 Å². The molecule has 0 spiro atoms. The summed E-state index contributed by atoms with van der Waals surface area (Å²) in [5.41, 5.74) is 1.06. The molecule has 3 aromatic rings. The standard InChI is InChI=1S/C26H26F2O2/c1-4-29-22-13-9-20(10-14-22)26(2,3)25(28)17-8-19-6-5-7-24(18-19)30-23-15-11-21(27)12-16-23/h5-7,9-18H,4,8H2,1-3H3/b25-17-.